The molecule has 1 aliphatic rings. The number of aliphatic imine (C=N–C) groups is 1. The molecule has 1 aromatic heterocycles. The second-order valence-electron chi connectivity index (χ2n) is 6.77. The summed E-state index contributed by atoms with van der Waals surface area (Å²) in [4.78, 5) is 11.3. The molecule has 1 saturated heterocycles. The number of pyridine rings is 1. The zero-order valence-electron chi connectivity index (χ0n) is 16.2. The lowest BCUT2D eigenvalue weighted by atomic mass is 10.1. The monoisotopic (exact) mass is 479 g/mol. The highest BCUT2D eigenvalue weighted by atomic mass is 127. The molecule has 27 heavy (non-hydrogen) atoms. The molecule has 146 valence electrons. The molecular formula is C21H30IN5. The average molecular weight is 479 g/mol. The third kappa shape index (κ3) is 6.37. The molecule has 0 spiro atoms. The van der Waals surface area contributed by atoms with E-state index in [1.807, 2.05) is 12.3 Å². The zero-order chi connectivity index (χ0) is 18.2. The van der Waals surface area contributed by atoms with Gasteiger partial charge in [0.1, 0.15) is 5.82 Å². The van der Waals surface area contributed by atoms with Crippen LogP contribution in [0.1, 0.15) is 43.4 Å². The smallest absolute Gasteiger partial charge is 0.191 e. The van der Waals surface area contributed by atoms with Crippen LogP contribution in [0, 0.1) is 0 Å². The third-order valence-electron chi connectivity index (χ3n) is 4.83. The van der Waals surface area contributed by atoms with Crippen LogP contribution in [0.4, 0.5) is 5.82 Å². The van der Waals surface area contributed by atoms with Gasteiger partial charge in [-0.2, -0.15) is 0 Å². The van der Waals surface area contributed by atoms with Crippen LogP contribution in [0.25, 0.3) is 0 Å². The lowest BCUT2D eigenvalue weighted by Gasteiger charge is -2.28. The largest absolute Gasteiger partial charge is 0.357 e. The SMILES string of the molecule is CN=C(NCc1ccnc(N2CCCCC2)c1)NC(C)c1ccccc1.I. The van der Waals surface area contributed by atoms with Gasteiger partial charge in [0.25, 0.3) is 0 Å². The van der Waals surface area contributed by atoms with E-state index in [2.05, 4.69) is 68.8 Å². The van der Waals surface area contributed by atoms with Crippen molar-refractivity contribution in [2.24, 2.45) is 4.99 Å². The van der Waals surface area contributed by atoms with Crippen molar-refractivity contribution in [2.75, 3.05) is 25.0 Å². The first-order chi connectivity index (χ1) is 12.8. The predicted molar refractivity (Wildman–Crippen MR) is 124 cm³/mol. The van der Waals surface area contributed by atoms with E-state index in [9.17, 15) is 0 Å². The van der Waals surface area contributed by atoms with Crippen LogP contribution >= 0.6 is 24.0 Å². The molecule has 1 fully saturated rings. The van der Waals surface area contributed by atoms with Crippen LogP contribution < -0.4 is 15.5 Å². The second-order valence-corrected chi connectivity index (χ2v) is 6.77. The highest BCUT2D eigenvalue weighted by Gasteiger charge is 2.12. The quantitative estimate of drug-likeness (QED) is 0.385. The van der Waals surface area contributed by atoms with Gasteiger partial charge in [-0.05, 0) is 49.4 Å². The molecule has 0 radical (unpaired) electrons. The maximum Gasteiger partial charge on any atom is 0.191 e. The lowest BCUT2D eigenvalue weighted by Crippen LogP contribution is -2.38. The molecule has 1 aliphatic heterocycles. The van der Waals surface area contributed by atoms with Crippen molar-refractivity contribution in [2.45, 2.75) is 38.8 Å². The van der Waals surface area contributed by atoms with Crippen LogP contribution in [0.15, 0.2) is 53.7 Å². The van der Waals surface area contributed by atoms with Gasteiger partial charge >= 0.3 is 0 Å². The summed E-state index contributed by atoms with van der Waals surface area (Å²) in [7, 11) is 1.80. The number of piperidine rings is 1. The minimum absolute atomic E-state index is 0. The highest BCUT2D eigenvalue weighted by molar-refractivity contribution is 14.0. The van der Waals surface area contributed by atoms with Crippen LogP contribution in [0.3, 0.4) is 0 Å². The van der Waals surface area contributed by atoms with Gasteiger partial charge in [-0.15, -0.1) is 24.0 Å². The van der Waals surface area contributed by atoms with Crippen LogP contribution in [-0.2, 0) is 6.54 Å². The molecular weight excluding hydrogens is 449 g/mol. The highest BCUT2D eigenvalue weighted by Crippen LogP contribution is 2.18. The van der Waals surface area contributed by atoms with E-state index in [0.717, 1.165) is 31.4 Å². The zero-order valence-corrected chi connectivity index (χ0v) is 18.5. The summed E-state index contributed by atoms with van der Waals surface area (Å²) in [5.41, 5.74) is 2.46. The Morgan fingerprint density at radius 3 is 2.59 bits per heavy atom. The van der Waals surface area contributed by atoms with E-state index in [-0.39, 0.29) is 30.0 Å². The minimum Gasteiger partial charge on any atom is -0.357 e. The molecule has 3 rings (SSSR count). The molecule has 2 N–H and O–H groups in total. The van der Waals surface area contributed by atoms with Crippen LogP contribution in [0.2, 0.25) is 0 Å². The van der Waals surface area contributed by atoms with E-state index in [4.69, 9.17) is 0 Å². The summed E-state index contributed by atoms with van der Waals surface area (Å²) in [5, 5.41) is 6.85. The molecule has 0 aliphatic carbocycles. The Labute approximate surface area is 179 Å². The van der Waals surface area contributed by atoms with Gasteiger partial charge in [-0.1, -0.05) is 30.3 Å². The second kappa shape index (κ2) is 11.1. The van der Waals surface area contributed by atoms with E-state index in [0.29, 0.717) is 0 Å². The van der Waals surface area contributed by atoms with E-state index < -0.39 is 0 Å². The molecule has 0 amide bonds. The minimum atomic E-state index is 0. The summed E-state index contributed by atoms with van der Waals surface area (Å²) in [6, 6.07) is 14.8. The Balaban J connectivity index is 0.00000261. The van der Waals surface area contributed by atoms with Crippen molar-refractivity contribution in [3.8, 4) is 0 Å². The molecule has 0 saturated carbocycles. The summed E-state index contributed by atoms with van der Waals surface area (Å²) < 4.78 is 0. The van der Waals surface area contributed by atoms with Crippen molar-refractivity contribution in [3.63, 3.8) is 0 Å². The van der Waals surface area contributed by atoms with Gasteiger partial charge in [0, 0.05) is 32.9 Å². The molecule has 2 aromatic rings. The molecule has 1 unspecified atom stereocenters. The van der Waals surface area contributed by atoms with Gasteiger partial charge in [-0.25, -0.2) is 4.98 Å². The number of hydrogen-bond donors (Lipinski definition) is 2. The summed E-state index contributed by atoms with van der Waals surface area (Å²) in [6.45, 7) is 5.09. The summed E-state index contributed by atoms with van der Waals surface area (Å²) in [6.07, 6.45) is 5.76. The van der Waals surface area contributed by atoms with Crippen LogP contribution in [0.5, 0.6) is 0 Å². The number of guanidine groups is 1. The standard InChI is InChI=1S/C21H29N5.HI/c1-17(19-9-5-3-6-10-19)25-21(22-2)24-16-18-11-12-23-20(15-18)26-13-7-4-8-14-26;/h3,5-6,9-12,15,17H,4,7-8,13-14,16H2,1-2H3,(H2,22,24,25);1H. The van der Waals surface area contributed by atoms with Gasteiger partial charge in [0.15, 0.2) is 5.96 Å². The number of nitrogens with zero attached hydrogens (tertiary/aromatic N) is 3. The fraction of sp³-hybridized carbons (Fsp3) is 0.429. The van der Waals surface area contributed by atoms with Gasteiger partial charge < -0.3 is 15.5 Å². The maximum absolute atomic E-state index is 4.55. The summed E-state index contributed by atoms with van der Waals surface area (Å²) in [5.74, 6) is 1.89. The van der Waals surface area contributed by atoms with Gasteiger partial charge in [-0.3, -0.25) is 4.99 Å². The van der Waals surface area contributed by atoms with Gasteiger partial charge in [0.2, 0.25) is 0 Å². The predicted octanol–water partition coefficient (Wildman–Crippen LogP) is 4.12. The Kier molecular flexibility index (Phi) is 8.84. The average Bonchev–Trinajstić information content (AvgIpc) is 2.72. The lowest BCUT2D eigenvalue weighted by molar-refractivity contribution is 0.573. The molecule has 2 heterocycles. The molecule has 1 aromatic carbocycles. The summed E-state index contributed by atoms with van der Waals surface area (Å²) >= 11 is 0. The first-order valence-electron chi connectivity index (χ1n) is 9.48. The fourth-order valence-electron chi connectivity index (χ4n) is 3.28. The van der Waals surface area contributed by atoms with Crippen molar-refractivity contribution < 1.29 is 0 Å². The normalized spacial score (nSPS) is 15.6. The first kappa shape index (κ1) is 21.5. The van der Waals surface area contributed by atoms with Crippen LogP contribution in [-0.4, -0.2) is 31.1 Å². The number of halogens is 1. The van der Waals surface area contributed by atoms with E-state index >= 15 is 0 Å². The van der Waals surface area contributed by atoms with Crippen molar-refractivity contribution in [1.29, 1.82) is 0 Å². The Bertz CT molecular complexity index is 714. The fourth-order valence-corrected chi connectivity index (χ4v) is 3.28. The maximum atomic E-state index is 4.55. The Morgan fingerprint density at radius 1 is 1.15 bits per heavy atom. The molecule has 0 bridgehead atoms. The molecule has 5 nitrogen and oxygen atoms in total. The first-order valence-corrected chi connectivity index (χ1v) is 9.48. The number of rotatable bonds is 5. The van der Waals surface area contributed by atoms with Gasteiger partial charge in [0.05, 0.1) is 6.04 Å². The number of aromatic nitrogens is 1. The number of hydrogen-bond acceptors (Lipinski definition) is 3. The van der Waals surface area contributed by atoms with Crippen molar-refractivity contribution in [1.82, 2.24) is 15.6 Å². The molecule has 6 heteroatoms. The number of benzene rings is 1. The Morgan fingerprint density at radius 2 is 1.89 bits per heavy atom. The van der Waals surface area contributed by atoms with E-state index in [1.165, 1.54) is 30.4 Å². The third-order valence-corrected chi connectivity index (χ3v) is 4.83. The number of anilines is 1. The van der Waals surface area contributed by atoms with E-state index in [1.54, 1.807) is 7.05 Å². The topological polar surface area (TPSA) is 52.6 Å². The Hall–Kier alpha value is -1.83. The molecule has 1 atom stereocenters. The van der Waals surface area contributed by atoms with Crippen molar-refractivity contribution >= 4 is 35.8 Å². The number of nitrogens with one attached hydrogen (secondary N) is 2. The van der Waals surface area contributed by atoms with Crippen molar-refractivity contribution in [3.05, 3.63) is 59.8 Å².